The molecule has 1 heterocycles. The number of carbonyl (C=O) groups excluding carboxylic acids is 1. The number of ether oxygens (including phenoxy) is 5. The number of hydrogen-bond acceptors (Lipinski definition) is 6. The molecule has 0 bridgehead atoms. The monoisotopic (exact) mass is 607 g/mol. The summed E-state index contributed by atoms with van der Waals surface area (Å²) < 4.78 is 104. The van der Waals surface area contributed by atoms with E-state index in [-0.39, 0.29) is 57.2 Å². The predicted molar refractivity (Wildman–Crippen MR) is 140 cm³/mol. The van der Waals surface area contributed by atoms with Crippen LogP contribution in [0.5, 0.6) is 11.5 Å². The van der Waals surface area contributed by atoms with Crippen molar-refractivity contribution in [1.29, 1.82) is 0 Å². The zero-order valence-corrected chi connectivity index (χ0v) is 23.6. The van der Waals surface area contributed by atoms with Crippen LogP contribution in [0.3, 0.4) is 0 Å². The zero-order chi connectivity index (χ0) is 31.0. The molecule has 1 unspecified atom stereocenters. The number of benzene rings is 2. The van der Waals surface area contributed by atoms with Gasteiger partial charge in [-0.3, -0.25) is 0 Å². The van der Waals surface area contributed by atoms with Crippen molar-refractivity contribution in [3.05, 3.63) is 59.2 Å². The number of alkyl carbamates (subject to hydrolysis) is 1. The number of carbonyl (C=O) groups is 1. The first-order chi connectivity index (χ1) is 19.6. The standard InChI is InChI=1S/C29H35F6NO6/c1-26(2)13-14-27(18-39-19-38-3,36-25(37)42-26)12-11-21-9-10-24(23(17-21)28(30,31)32)40-15-5-7-20-6-4-8-22(16-20)41-29(33,34)35/h4,6,8-10,16-17H,5,7,11-15,18-19H2,1-3H3,(H,36,37). The van der Waals surface area contributed by atoms with Gasteiger partial charge in [0.25, 0.3) is 0 Å². The first-order valence-electron chi connectivity index (χ1n) is 13.4. The number of rotatable bonds is 13. The third kappa shape index (κ3) is 10.6. The number of alkyl halides is 6. The minimum absolute atomic E-state index is 0.0150. The third-order valence-corrected chi connectivity index (χ3v) is 6.76. The summed E-state index contributed by atoms with van der Waals surface area (Å²) in [5.74, 6) is -0.723. The Labute approximate surface area is 240 Å². The molecule has 1 amide bonds. The molecule has 0 aromatic heterocycles. The van der Waals surface area contributed by atoms with Gasteiger partial charge < -0.3 is 29.0 Å². The molecule has 1 aliphatic rings. The summed E-state index contributed by atoms with van der Waals surface area (Å²) in [5.41, 5.74) is -1.62. The molecule has 7 nitrogen and oxygen atoms in total. The van der Waals surface area contributed by atoms with Crippen LogP contribution in [0.2, 0.25) is 0 Å². The molecule has 1 saturated heterocycles. The van der Waals surface area contributed by atoms with E-state index in [2.05, 4.69) is 10.1 Å². The van der Waals surface area contributed by atoms with E-state index >= 15 is 0 Å². The number of methoxy groups -OCH3 is 1. The second-order valence-electron chi connectivity index (χ2n) is 10.8. The molecular formula is C29H35F6NO6. The molecular weight excluding hydrogens is 572 g/mol. The SMILES string of the molecule is COCOCC1(CCc2ccc(OCCCc3cccc(OC(F)(F)F)c3)c(C(F)(F)F)c2)CCC(C)(C)OC(=O)N1. The van der Waals surface area contributed by atoms with Crippen LogP contribution in [0.4, 0.5) is 31.1 Å². The lowest BCUT2D eigenvalue weighted by Crippen LogP contribution is -2.51. The topological polar surface area (TPSA) is 75.2 Å². The van der Waals surface area contributed by atoms with Gasteiger partial charge in [-0.1, -0.05) is 18.2 Å². The maximum atomic E-state index is 14.0. The molecule has 234 valence electrons. The van der Waals surface area contributed by atoms with Crippen molar-refractivity contribution >= 4 is 6.09 Å². The first kappa shape index (κ1) is 33.3. The van der Waals surface area contributed by atoms with E-state index in [1.54, 1.807) is 19.9 Å². The average Bonchev–Trinajstić information content (AvgIpc) is 2.99. The van der Waals surface area contributed by atoms with Crippen molar-refractivity contribution in [2.45, 2.75) is 76.1 Å². The minimum Gasteiger partial charge on any atom is -0.493 e. The number of hydrogen-bond donors (Lipinski definition) is 1. The van der Waals surface area contributed by atoms with Gasteiger partial charge in [0.05, 0.1) is 24.3 Å². The highest BCUT2D eigenvalue weighted by atomic mass is 19.4. The van der Waals surface area contributed by atoms with Gasteiger partial charge in [-0.05, 0) is 87.8 Å². The Morgan fingerprint density at radius 1 is 0.976 bits per heavy atom. The molecule has 42 heavy (non-hydrogen) atoms. The smallest absolute Gasteiger partial charge is 0.493 e. The van der Waals surface area contributed by atoms with Crippen LogP contribution in [0.15, 0.2) is 42.5 Å². The van der Waals surface area contributed by atoms with Gasteiger partial charge in [0.2, 0.25) is 0 Å². The summed E-state index contributed by atoms with van der Waals surface area (Å²) >= 11 is 0. The fraction of sp³-hybridized carbons (Fsp3) is 0.552. The van der Waals surface area contributed by atoms with E-state index < -0.39 is 35.3 Å². The zero-order valence-electron chi connectivity index (χ0n) is 23.6. The van der Waals surface area contributed by atoms with Crippen molar-refractivity contribution in [3.63, 3.8) is 0 Å². The number of nitrogens with one attached hydrogen (secondary N) is 1. The van der Waals surface area contributed by atoms with Crippen LogP contribution in [0.25, 0.3) is 0 Å². The van der Waals surface area contributed by atoms with Crippen molar-refractivity contribution < 1.29 is 54.8 Å². The Hall–Kier alpha value is -3.19. The van der Waals surface area contributed by atoms with Gasteiger partial charge in [0, 0.05) is 7.11 Å². The highest BCUT2D eigenvalue weighted by molar-refractivity contribution is 5.69. The van der Waals surface area contributed by atoms with Crippen LogP contribution < -0.4 is 14.8 Å². The van der Waals surface area contributed by atoms with Crippen molar-refractivity contribution in [2.24, 2.45) is 0 Å². The average molecular weight is 608 g/mol. The Bertz CT molecular complexity index is 1190. The summed E-state index contributed by atoms with van der Waals surface area (Å²) in [6.07, 6.45) is -8.12. The maximum absolute atomic E-state index is 14.0. The summed E-state index contributed by atoms with van der Waals surface area (Å²) in [6.45, 7) is 3.55. The minimum atomic E-state index is -4.82. The van der Waals surface area contributed by atoms with Gasteiger partial charge in [-0.2, -0.15) is 13.2 Å². The summed E-state index contributed by atoms with van der Waals surface area (Å²) in [5, 5.41) is 2.84. The lowest BCUT2D eigenvalue weighted by Gasteiger charge is -2.32. The highest BCUT2D eigenvalue weighted by Gasteiger charge is 2.40. The molecule has 1 aliphatic heterocycles. The second-order valence-corrected chi connectivity index (χ2v) is 10.8. The predicted octanol–water partition coefficient (Wildman–Crippen LogP) is 7.21. The number of aryl methyl sites for hydroxylation is 2. The number of amides is 1. The Balaban J connectivity index is 1.66. The summed E-state index contributed by atoms with van der Waals surface area (Å²) in [7, 11) is 1.46. The van der Waals surface area contributed by atoms with Gasteiger partial charge in [-0.15, -0.1) is 13.2 Å². The summed E-state index contributed by atoms with van der Waals surface area (Å²) in [4.78, 5) is 12.4. The van der Waals surface area contributed by atoms with Gasteiger partial charge >= 0.3 is 18.6 Å². The lowest BCUT2D eigenvalue weighted by atomic mass is 9.84. The van der Waals surface area contributed by atoms with E-state index in [0.717, 1.165) is 12.1 Å². The van der Waals surface area contributed by atoms with Crippen molar-refractivity contribution in [2.75, 3.05) is 27.1 Å². The first-order valence-corrected chi connectivity index (χ1v) is 13.4. The van der Waals surface area contributed by atoms with Gasteiger partial charge in [0.1, 0.15) is 23.9 Å². The van der Waals surface area contributed by atoms with Gasteiger partial charge in [-0.25, -0.2) is 4.79 Å². The van der Waals surface area contributed by atoms with Crippen LogP contribution >= 0.6 is 0 Å². The molecule has 3 rings (SSSR count). The molecule has 2 aromatic rings. The van der Waals surface area contributed by atoms with Gasteiger partial charge in [0.15, 0.2) is 0 Å². The van der Waals surface area contributed by atoms with Crippen molar-refractivity contribution in [3.8, 4) is 11.5 Å². The fourth-order valence-electron chi connectivity index (χ4n) is 4.66. The Morgan fingerprint density at radius 3 is 2.40 bits per heavy atom. The van der Waals surface area contributed by atoms with Crippen molar-refractivity contribution in [1.82, 2.24) is 5.32 Å². The fourth-order valence-corrected chi connectivity index (χ4v) is 4.66. The van der Waals surface area contributed by atoms with E-state index in [4.69, 9.17) is 18.9 Å². The third-order valence-electron chi connectivity index (χ3n) is 6.76. The number of halogens is 6. The van der Waals surface area contributed by atoms with E-state index in [1.165, 1.54) is 31.4 Å². The molecule has 1 atom stereocenters. The molecule has 1 fully saturated rings. The van der Waals surface area contributed by atoms with Crippen LogP contribution in [0.1, 0.15) is 56.2 Å². The molecule has 0 aliphatic carbocycles. The molecule has 1 N–H and O–H groups in total. The largest absolute Gasteiger partial charge is 0.573 e. The Morgan fingerprint density at radius 2 is 1.71 bits per heavy atom. The van der Waals surface area contributed by atoms with Crippen LogP contribution in [0, 0.1) is 0 Å². The van der Waals surface area contributed by atoms with E-state index in [1.807, 2.05) is 0 Å². The summed E-state index contributed by atoms with van der Waals surface area (Å²) in [6, 6.07) is 9.19. The molecule has 0 spiro atoms. The highest BCUT2D eigenvalue weighted by Crippen LogP contribution is 2.38. The van der Waals surface area contributed by atoms with Crippen LogP contribution in [-0.4, -0.2) is 50.7 Å². The lowest BCUT2D eigenvalue weighted by molar-refractivity contribution is -0.274. The second kappa shape index (κ2) is 13.9. The molecule has 0 saturated carbocycles. The number of cyclic esters (lactones) is 1. The quantitative estimate of drug-likeness (QED) is 0.147. The molecule has 13 heteroatoms. The van der Waals surface area contributed by atoms with Crippen LogP contribution in [-0.2, 0) is 33.2 Å². The molecule has 0 radical (unpaired) electrons. The van der Waals surface area contributed by atoms with E-state index in [9.17, 15) is 31.1 Å². The Kier molecular flexibility index (Phi) is 11.0. The van der Waals surface area contributed by atoms with E-state index in [0.29, 0.717) is 24.0 Å². The molecule has 2 aromatic carbocycles. The maximum Gasteiger partial charge on any atom is 0.573 e. The normalized spacial score (nSPS) is 19.0.